The van der Waals surface area contributed by atoms with Crippen molar-refractivity contribution in [1.82, 2.24) is 9.88 Å². The summed E-state index contributed by atoms with van der Waals surface area (Å²) in [6, 6.07) is 3.63. The molecule has 0 spiro atoms. The number of nitrogens with zero attached hydrogens (tertiary/aromatic N) is 1. The zero-order valence-corrected chi connectivity index (χ0v) is 20.6. The van der Waals surface area contributed by atoms with Crippen LogP contribution in [-0.2, 0) is 21.3 Å². The zero-order chi connectivity index (χ0) is 25.8. The van der Waals surface area contributed by atoms with Gasteiger partial charge in [0.1, 0.15) is 18.0 Å². The van der Waals surface area contributed by atoms with Gasteiger partial charge in [-0.25, -0.2) is 4.39 Å². The van der Waals surface area contributed by atoms with Crippen molar-refractivity contribution >= 4 is 23.3 Å². The number of hydrogen-bond acceptors (Lipinski definition) is 6. The Balaban J connectivity index is 1.53. The van der Waals surface area contributed by atoms with Gasteiger partial charge in [0, 0.05) is 18.4 Å². The molecule has 1 aromatic heterocycles. The number of amides is 2. The van der Waals surface area contributed by atoms with E-state index in [1.54, 1.807) is 41.7 Å². The van der Waals surface area contributed by atoms with Gasteiger partial charge in [0.05, 0.1) is 23.4 Å². The number of aromatic nitrogens is 1. The second kappa shape index (κ2) is 8.85. The Kier molecular flexibility index (Phi) is 6.33. The van der Waals surface area contributed by atoms with Crippen molar-refractivity contribution in [1.29, 1.82) is 0 Å². The van der Waals surface area contributed by atoms with Crippen LogP contribution in [0.2, 0.25) is 0 Å². The van der Waals surface area contributed by atoms with E-state index in [-0.39, 0.29) is 23.5 Å². The van der Waals surface area contributed by atoms with Crippen LogP contribution >= 0.6 is 0 Å². The van der Waals surface area contributed by atoms with Crippen LogP contribution in [0.3, 0.4) is 0 Å². The molecule has 2 aliphatic rings. The molecule has 4 rings (SSSR count). The molecule has 188 valence electrons. The third-order valence-corrected chi connectivity index (χ3v) is 6.75. The zero-order valence-electron chi connectivity index (χ0n) is 20.6. The largest absolute Gasteiger partial charge is 0.390 e. The van der Waals surface area contributed by atoms with Crippen molar-refractivity contribution in [3.8, 4) is 0 Å². The van der Waals surface area contributed by atoms with Crippen molar-refractivity contribution in [2.45, 2.75) is 71.2 Å². The number of Topliss-reactive ketones (excluding diaryl/α,β-unsaturated/α-hetero) is 1. The molecule has 1 saturated heterocycles. The van der Waals surface area contributed by atoms with Crippen LogP contribution in [-0.4, -0.2) is 57.4 Å². The van der Waals surface area contributed by atoms with Crippen molar-refractivity contribution in [2.75, 3.05) is 5.32 Å². The van der Waals surface area contributed by atoms with Gasteiger partial charge in [-0.1, -0.05) is 0 Å². The van der Waals surface area contributed by atoms with E-state index in [1.807, 2.05) is 0 Å². The second-order valence-corrected chi connectivity index (χ2v) is 9.69. The van der Waals surface area contributed by atoms with E-state index >= 15 is 0 Å². The van der Waals surface area contributed by atoms with Gasteiger partial charge in [0.15, 0.2) is 5.79 Å². The van der Waals surface area contributed by atoms with Crippen LogP contribution < -0.4 is 10.6 Å². The minimum absolute atomic E-state index is 0.0828. The number of benzene rings is 1. The van der Waals surface area contributed by atoms with Gasteiger partial charge < -0.3 is 29.8 Å². The molecule has 2 aromatic rings. The summed E-state index contributed by atoms with van der Waals surface area (Å²) < 4.78 is 26.6. The summed E-state index contributed by atoms with van der Waals surface area (Å²) in [6.07, 6.45) is -1.80. The first-order chi connectivity index (χ1) is 16.3. The van der Waals surface area contributed by atoms with Crippen LogP contribution in [0.15, 0.2) is 18.2 Å². The lowest BCUT2D eigenvalue weighted by molar-refractivity contribution is -0.164. The number of fused-ring (bicyclic) bond motifs is 1. The maximum absolute atomic E-state index is 13.6. The fourth-order valence-electron chi connectivity index (χ4n) is 4.99. The maximum Gasteiger partial charge on any atom is 0.294 e. The van der Waals surface area contributed by atoms with Crippen LogP contribution in [0.1, 0.15) is 57.9 Å². The van der Waals surface area contributed by atoms with Crippen molar-refractivity contribution < 1.29 is 33.4 Å². The molecule has 1 aromatic carbocycles. The summed E-state index contributed by atoms with van der Waals surface area (Å²) in [7, 11) is 1.60. The quantitative estimate of drug-likeness (QED) is 0.440. The van der Waals surface area contributed by atoms with Gasteiger partial charge >= 0.3 is 0 Å². The molecule has 1 aliphatic heterocycles. The van der Waals surface area contributed by atoms with Gasteiger partial charge in [-0.05, 0) is 70.4 Å². The summed E-state index contributed by atoms with van der Waals surface area (Å²) >= 11 is 0. The number of aliphatic hydroxyl groups is 1. The minimum atomic E-state index is -0.902. The molecule has 2 fully saturated rings. The number of nitrogens with one attached hydrogen (secondary N) is 2. The molecule has 2 heterocycles. The van der Waals surface area contributed by atoms with Crippen LogP contribution in [0.5, 0.6) is 0 Å². The molecule has 1 unspecified atom stereocenters. The van der Waals surface area contributed by atoms with Gasteiger partial charge in [0.25, 0.3) is 17.6 Å². The predicted molar refractivity (Wildman–Crippen MR) is 125 cm³/mol. The third kappa shape index (κ3) is 4.49. The van der Waals surface area contributed by atoms with E-state index < -0.39 is 47.7 Å². The number of aliphatic hydroxyl groups excluding tert-OH is 1. The van der Waals surface area contributed by atoms with E-state index in [1.165, 1.54) is 22.8 Å². The van der Waals surface area contributed by atoms with Gasteiger partial charge in [0.2, 0.25) is 0 Å². The van der Waals surface area contributed by atoms with Crippen molar-refractivity contribution in [2.24, 2.45) is 7.05 Å². The van der Waals surface area contributed by atoms with E-state index in [0.717, 1.165) is 0 Å². The Morgan fingerprint density at radius 1 is 1.14 bits per heavy atom. The lowest BCUT2D eigenvalue weighted by Gasteiger charge is -2.22. The first-order valence-electron chi connectivity index (χ1n) is 11.4. The fraction of sp³-hybridized carbons (Fsp3) is 0.480. The van der Waals surface area contributed by atoms with Gasteiger partial charge in [-0.15, -0.1) is 0 Å². The predicted octanol–water partition coefficient (Wildman–Crippen LogP) is 2.29. The van der Waals surface area contributed by atoms with Crippen molar-refractivity contribution in [3.63, 3.8) is 0 Å². The summed E-state index contributed by atoms with van der Waals surface area (Å²) in [5, 5.41) is 15.7. The van der Waals surface area contributed by atoms with E-state index in [0.29, 0.717) is 22.5 Å². The first kappa shape index (κ1) is 25.0. The molecule has 3 N–H and O–H groups in total. The van der Waals surface area contributed by atoms with Crippen LogP contribution in [0.4, 0.5) is 10.1 Å². The van der Waals surface area contributed by atoms with E-state index in [4.69, 9.17) is 9.47 Å². The molecule has 2 amide bonds. The Morgan fingerprint density at radius 3 is 2.46 bits per heavy atom. The number of carbonyl (C=O) groups is 3. The number of aryl methyl sites for hydroxylation is 1. The smallest absolute Gasteiger partial charge is 0.294 e. The minimum Gasteiger partial charge on any atom is -0.390 e. The highest BCUT2D eigenvalue weighted by atomic mass is 19.1. The summed E-state index contributed by atoms with van der Waals surface area (Å²) in [6.45, 7) is 8.31. The number of carbonyl (C=O) groups excluding carboxylic acids is 3. The first-order valence-corrected chi connectivity index (χ1v) is 11.4. The standard InChI is InChI=1S/C25H30FN3O6/c1-11-9-14(7-8-15(11)26)27-23(32)18-12(2)19(29(6)13(18)3)20(31)24(33)28-16-10-17(30)22-21(16)34-25(4,5)35-22/h7-9,16-17,21-22,30H,10H2,1-6H3,(H,27,32)(H,28,33)/t16?,17-,21-,22+/m0/s1. The van der Waals surface area contributed by atoms with Gasteiger partial charge in [-0.3, -0.25) is 14.4 Å². The lowest BCUT2D eigenvalue weighted by Crippen LogP contribution is -2.46. The Morgan fingerprint density at radius 2 is 1.80 bits per heavy atom. The molecule has 0 bridgehead atoms. The molecule has 10 heteroatoms. The fourth-order valence-corrected chi connectivity index (χ4v) is 4.99. The van der Waals surface area contributed by atoms with Gasteiger partial charge in [-0.2, -0.15) is 0 Å². The van der Waals surface area contributed by atoms with Crippen LogP contribution in [0.25, 0.3) is 0 Å². The summed E-state index contributed by atoms with van der Waals surface area (Å²) in [5.41, 5.74) is 2.00. The molecule has 1 saturated carbocycles. The van der Waals surface area contributed by atoms with E-state index in [2.05, 4.69) is 10.6 Å². The average molecular weight is 488 g/mol. The highest BCUT2D eigenvalue weighted by Gasteiger charge is 2.54. The summed E-state index contributed by atoms with van der Waals surface area (Å²) in [5.74, 6) is -3.42. The van der Waals surface area contributed by atoms with E-state index in [9.17, 15) is 23.9 Å². The molecule has 4 atom stereocenters. The van der Waals surface area contributed by atoms with Crippen molar-refractivity contribution in [3.05, 3.63) is 52.1 Å². The molecule has 9 nitrogen and oxygen atoms in total. The Bertz CT molecular complexity index is 1220. The topological polar surface area (TPSA) is 119 Å². The SMILES string of the molecule is Cc1cc(NC(=O)c2c(C)c(C(=O)C(=O)NC3C[C@H](O)[C@H]4OC(C)(C)O[C@@H]34)n(C)c2C)ccc1F. The number of halogens is 1. The maximum atomic E-state index is 13.6. The number of hydrogen-bond donors (Lipinski definition) is 3. The third-order valence-electron chi connectivity index (χ3n) is 6.75. The second-order valence-electron chi connectivity index (χ2n) is 9.69. The highest BCUT2D eigenvalue weighted by Crippen LogP contribution is 2.38. The normalized spacial score (nSPS) is 24.8. The number of ether oxygens (including phenoxy) is 2. The summed E-state index contributed by atoms with van der Waals surface area (Å²) in [4.78, 5) is 39.1. The number of anilines is 1. The van der Waals surface area contributed by atoms with Crippen LogP contribution in [0, 0.1) is 26.6 Å². The molecule has 1 aliphatic carbocycles. The molecule has 35 heavy (non-hydrogen) atoms. The average Bonchev–Trinajstić information content (AvgIpc) is 3.32. The highest BCUT2D eigenvalue weighted by molar-refractivity contribution is 6.43. The molecule has 0 radical (unpaired) electrons. The Labute approximate surface area is 202 Å². The lowest BCUT2D eigenvalue weighted by atomic mass is 10.1. The molecular formula is C25H30FN3O6. The number of ketones is 1. The molecular weight excluding hydrogens is 457 g/mol. The Hall–Kier alpha value is -3.08. The number of rotatable bonds is 5. The monoisotopic (exact) mass is 487 g/mol.